The predicted molar refractivity (Wildman–Crippen MR) is 93.4 cm³/mol. The van der Waals surface area contributed by atoms with E-state index in [0.29, 0.717) is 30.5 Å². The third-order valence-corrected chi connectivity index (χ3v) is 5.32. The molecule has 0 bridgehead atoms. The van der Waals surface area contributed by atoms with E-state index >= 15 is 0 Å². The molecule has 2 aliphatic rings. The number of amides is 2. The largest absolute Gasteiger partial charge is 0.479 e. The molecule has 1 atom stereocenters. The minimum Gasteiger partial charge on any atom is -0.479 e. The maximum absolute atomic E-state index is 12.7. The van der Waals surface area contributed by atoms with E-state index in [4.69, 9.17) is 4.74 Å². The number of ether oxygens (including phenoxy) is 1. The van der Waals surface area contributed by atoms with E-state index in [1.165, 1.54) is 13.5 Å². The number of rotatable bonds is 3. The number of aryl methyl sites for hydroxylation is 1. The molecule has 0 spiro atoms. The Labute approximate surface area is 148 Å². The second-order valence-corrected chi connectivity index (χ2v) is 7.32. The summed E-state index contributed by atoms with van der Waals surface area (Å²) in [5, 5.41) is 4.14. The summed E-state index contributed by atoms with van der Waals surface area (Å²) in [4.78, 5) is 29.3. The van der Waals surface area contributed by atoms with E-state index in [9.17, 15) is 9.59 Å². The van der Waals surface area contributed by atoms with Crippen LogP contribution in [-0.2, 0) is 11.8 Å². The summed E-state index contributed by atoms with van der Waals surface area (Å²) >= 11 is 0. The van der Waals surface area contributed by atoms with Crippen molar-refractivity contribution < 1.29 is 14.3 Å². The van der Waals surface area contributed by atoms with E-state index in [2.05, 4.69) is 12.0 Å². The van der Waals surface area contributed by atoms with Gasteiger partial charge in [-0.3, -0.25) is 14.3 Å². The quantitative estimate of drug-likeness (QED) is 0.831. The molecule has 2 aliphatic heterocycles. The first-order valence-corrected chi connectivity index (χ1v) is 9.15. The normalized spacial score (nSPS) is 22.1. The Morgan fingerprint density at radius 2 is 1.88 bits per heavy atom. The highest BCUT2D eigenvalue weighted by Crippen LogP contribution is 2.25. The van der Waals surface area contributed by atoms with Gasteiger partial charge in [-0.15, -0.1) is 5.10 Å². The van der Waals surface area contributed by atoms with Gasteiger partial charge in [0.05, 0.1) is 7.11 Å². The molecule has 7 heteroatoms. The molecule has 138 valence electrons. The summed E-state index contributed by atoms with van der Waals surface area (Å²) in [7, 11) is 3.29. The highest BCUT2D eigenvalue weighted by molar-refractivity contribution is 5.96. The van der Waals surface area contributed by atoms with Gasteiger partial charge in [0.2, 0.25) is 11.8 Å². The Kier molecular flexibility index (Phi) is 5.30. The molecule has 3 rings (SSSR count). The van der Waals surface area contributed by atoms with Gasteiger partial charge in [0.25, 0.3) is 5.91 Å². The van der Waals surface area contributed by atoms with Crippen LogP contribution in [0.1, 0.15) is 43.0 Å². The van der Waals surface area contributed by atoms with Crippen LogP contribution in [-0.4, -0.2) is 64.7 Å². The van der Waals surface area contributed by atoms with Crippen LogP contribution in [0.5, 0.6) is 5.88 Å². The maximum atomic E-state index is 12.7. The monoisotopic (exact) mass is 348 g/mol. The zero-order valence-electron chi connectivity index (χ0n) is 15.4. The topological polar surface area (TPSA) is 67.7 Å². The van der Waals surface area contributed by atoms with E-state index in [-0.39, 0.29) is 17.7 Å². The first-order valence-electron chi connectivity index (χ1n) is 9.15. The Hall–Kier alpha value is -2.05. The van der Waals surface area contributed by atoms with Gasteiger partial charge in [-0.1, -0.05) is 6.92 Å². The van der Waals surface area contributed by atoms with Gasteiger partial charge in [-0.05, 0) is 31.6 Å². The average Bonchev–Trinajstić information content (AvgIpc) is 3.01. The van der Waals surface area contributed by atoms with Crippen LogP contribution in [0.4, 0.5) is 0 Å². The van der Waals surface area contributed by atoms with Crippen molar-refractivity contribution in [1.29, 1.82) is 0 Å². The number of piperidine rings is 2. The van der Waals surface area contributed by atoms with Crippen molar-refractivity contribution in [2.75, 3.05) is 33.3 Å². The SMILES string of the molecule is COc1nn(C)cc1C(=O)N1CCC(C(=O)N2CCC[C@H](C)C2)CC1. The fourth-order valence-electron chi connectivity index (χ4n) is 3.91. The molecular formula is C18H28N4O3. The Morgan fingerprint density at radius 1 is 1.16 bits per heavy atom. The molecule has 25 heavy (non-hydrogen) atoms. The standard InChI is InChI=1S/C18H28N4O3/c1-13-5-4-8-22(11-13)17(23)14-6-9-21(10-7-14)18(24)15-12-20(2)19-16(15)25-3/h12-14H,4-11H2,1-3H3/t13-/m0/s1. The first-order chi connectivity index (χ1) is 12.0. The minimum atomic E-state index is -0.0672. The van der Waals surface area contributed by atoms with Crippen molar-refractivity contribution in [1.82, 2.24) is 19.6 Å². The lowest BCUT2D eigenvalue weighted by Crippen LogP contribution is -2.47. The van der Waals surface area contributed by atoms with E-state index in [1.54, 1.807) is 17.9 Å². The van der Waals surface area contributed by atoms with Gasteiger partial charge in [-0.2, -0.15) is 0 Å². The smallest absolute Gasteiger partial charge is 0.260 e. The van der Waals surface area contributed by atoms with Crippen molar-refractivity contribution in [3.63, 3.8) is 0 Å². The van der Waals surface area contributed by atoms with Crippen molar-refractivity contribution in [2.24, 2.45) is 18.9 Å². The van der Waals surface area contributed by atoms with Gasteiger partial charge < -0.3 is 14.5 Å². The molecular weight excluding hydrogens is 320 g/mol. The summed E-state index contributed by atoms with van der Waals surface area (Å²) in [5.41, 5.74) is 0.486. The van der Waals surface area contributed by atoms with Gasteiger partial charge in [0.1, 0.15) is 5.56 Å². The third kappa shape index (κ3) is 3.80. The van der Waals surface area contributed by atoms with E-state index < -0.39 is 0 Å². The molecule has 0 N–H and O–H groups in total. The molecule has 2 saturated heterocycles. The van der Waals surface area contributed by atoms with Crippen molar-refractivity contribution in [3.05, 3.63) is 11.8 Å². The lowest BCUT2D eigenvalue weighted by molar-refractivity contribution is -0.138. The van der Waals surface area contributed by atoms with Crippen LogP contribution in [0.3, 0.4) is 0 Å². The second kappa shape index (κ2) is 7.45. The summed E-state index contributed by atoms with van der Waals surface area (Å²) in [6.07, 6.45) is 5.47. The number of carbonyl (C=O) groups excluding carboxylic acids is 2. The summed E-state index contributed by atoms with van der Waals surface area (Å²) in [6.45, 7) is 5.19. The van der Waals surface area contributed by atoms with E-state index in [0.717, 1.165) is 32.4 Å². The van der Waals surface area contributed by atoms with Crippen LogP contribution in [0.15, 0.2) is 6.20 Å². The number of hydrogen-bond donors (Lipinski definition) is 0. The molecule has 2 amide bonds. The molecule has 0 aromatic carbocycles. The third-order valence-electron chi connectivity index (χ3n) is 5.32. The number of carbonyl (C=O) groups is 2. The zero-order valence-corrected chi connectivity index (χ0v) is 15.4. The minimum absolute atomic E-state index is 0.0464. The summed E-state index contributed by atoms with van der Waals surface area (Å²) < 4.78 is 6.77. The van der Waals surface area contributed by atoms with Crippen LogP contribution in [0, 0.1) is 11.8 Å². The van der Waals surface area contributed by atoms with Crippen molar-refractivity contribution in [2.45, 2.75) is 32.6 Å². The molecule has 3 heterocycles. The lowest BCUT2D eigenvalue weighted by atomic mass is 9.92. The number of likely N-dealkylation sites (tertiary alicyclic amines) is 2. The summed E-state index contributed by atoms with van der Waals surface area (Å²) in [5.74, 6) is 1.20. The lowest BCUT2D eigenvalue weighted by Gasteiger charge is -2.37. The number of hydrogen-bond acceptors (Lipinski definition) is 4. The highest BCUT2D eigenvalue weighted by atomic mass is 16.5. The van der Waals surface area contributed by atoms with Gasteiger partial charge in [0, 0.05) is 45.3 Å². The zero-order chi connectivity index (χ0) is 18.0. The number of nitrogens with zero attached hydrogens (tertiary/aromatic N) is 4. The fraction of sp³-hybridized carbons (Fsp3) is 0.722. The Morgan fingerprint density at radius 3 is 2.52 bits per heavy atom. The predicted octanol–water partition coefficient (Wildman–Crippen LogP) is 1.54. The van der Waals surface area contributed by atoms with E-state index in [1.807, 2.05) is 9.80 Å². The molecule has 0 radical (unpaired) electrons. The highest BCUT2D eigenvalue weighted by Gasteiger charge is 2.33. The first kappa shape index (κ1) is 17.8. The maximum Gasteiger partial charge on any atom is 0.260 e. The molecule has 7 nitrogen and oxygen atoms in total. The summed E-state index contributed by atoms with van der Waals surface area (Å²) in [6, 6.07) is 0. The molecule has 1 aromatic heterocycles. The molecule has 0 saturated carbocycles. The molecule has 1 aromatic rings. The Bertz CT molecular complexity index is 634. The molecule has 2 fully saturated rings. The van der Waals surface area contributed by atoms with Crippen molar-refractivity contribution >= 4 is 11.8 Å². The van der Waals surface area contributed by atoms with Crippen LogP contribution in [0.2, 0.25) is 0 Å². The van der Waals surface area contributed by atoms with Crippen LogP contribution < -0.4 is 4.74 Å². The number of aromatic nitrogens is 2. The molecule has 0 aliphatic carbocycles. The van der Waals surface area contributed by atoms with Crippen LogP contribution >= 0.6 is 0 Å². The fourth-order valence-corrected chi connectivity index (χ4v) is 3.91. The average molecular weight is 348 g/mol. The van der Waals surface area contributed by atoms with Gasteiger partial charge in [-0.25, -0.2) is 0 Å². The molecule has 0 unspecified atom stereocenters. The van der Waals surface area contributed by atoms with Crippen LogP contribution in [0.25, 0.3) is 0 Å². The van der Waals surface area contributed by atoms with Gasteiger partial charge >= 0.3 is 0 Å². The Balaban J connectivity index is 1.58. The van der Waals surface area contributed by atoms with Gasteiger partial charge in [0.15, 0.2) is 0 Å². The number of methoxy groups -OCH3 is 1. The second-order valence-electron chi connectivity index (χ2n) is 7.32. The van der Waals surface area contributed by atoms with Crippen molar-refractivity contribution in [3.8, 4) is 5.88 Å².